The highest BCUT2D eigenvalue weighted by atomic mass is 32.1. The molecule has 1 aromatic heterocycles. The van der Waals surface area contributed by atoms with Gasteiger partial charge in [-0.1, -0.05) is 0 Å². The molecule has 6 heteroatoms. The molecule has 0 saturated heterocycles. The fourth-order valence-corrected chi connectivity index (χ4v) is 3.30. The number of aliphatic hydroxyl groups excluding tert-OH is 1. The molecule has 4 N–H and O–H groups in total. The van der Waals surface area contributed by atoms with Crippen LogP contribution in [-0.4, -0.2) is 34.7 Å². The van der Waals surface area contributed by atoms with E-state index in [0.717, 1.165) is 49.2 Å². The summed E-state index contributed by atoms with van der Waals surface area (Å²) in [5.74, 6) is 0.0297. The Kier molecular flexibility index (Phi) is 5.94. The number of aromatic nitrogens is 1. The van der Waals surface area contributed by atoms with Crippen LogP contribution in [-0.2, 0) is 17.6 Å². The SMILES string of the molecule is NCCCc1nc(CC(=O)NC2CCC(O)CC2)cs1. The number of carbonyl (C=O) groups excluding carboxylic acids is 1. The molecule has 0 aromatic carbocycles. The van der Waals surface area contributed by atoms with Gasteiger partial charge in [-0.3, -0.25) is 4.79 Å². The summed E-state index contributed by atoms with van der Waals surface area (Å²) < 4.78 is 0. The second kappa shape index (κ2) is 7.71. The number of amides is 1. The number of nitrogens with two attached hydrogens (primary N) is 1. The van der Waals surface area contributed by atoms with Crippen LogP contribution in [0.5, 0.6) is 0 Å². The van der Waals surface area contributed by atoms with Crippen molar-refractivity contribution in [1.82, 2.24) is 10.3 Å². The van der Waals surface area contributed by atoms with E-state index in [9.17, 15) is 9.90 Å². The standard InChI is InChI=1S/C14H23N3O2S/c15-7-1-2-14-17-11(9-20-14)8-13(19)16-10-3-5-12(18)6-4-10/h9-10,12,18H,1-8,15H2,(H,16,19). The monoisotopic (exact) mass is 297 g/mol. The maximum atomic E-state index is 12.0. The van der Waals surface area contributed by atoms with E-state index in [0.29, 0.717) is 13.0 Å². The average Bonchev–Trinajstić information content (AvgIpc) is 2.86. The largest absolute Gasteiger partial charge is 0.393 e. The van der Waals surface area contributed by atoms with Crippen LogP contribution in [0.2, 0.25) is 0 Å². The zero-order valence-corrected chi connectivity index (χ0v) is 12.5. The summed E-state index contributed by atoms with van der Waals surface area (Å²) in [6.07, 6.45) is 5.28. The average molecular weight is 297 g/mol. The van der Waals surface area contributed by atoms with Crippen LogP contribution in [0.15, 0.2) is 5.38 Å². The van der Waals surface area contributed by atoms with Crippen molar-refractivity contribution in [3.63, 3.8) is 0 Å². The number of hydrogen-bond donors (Lipinski definition) is 3. The fourth-order valence-electron chi connectivity index (χ4n) is 2.46. The zero-order chi connectivity index (χ0) is 14.4. The number of aryl methyl sites for hydroxylation is 1. The number of hydrogen-bond acceptors (Lipinski definition) is 5. The quantitative estimate of drug-likeness (QED) is 0.731. The highest BCUT2D eigenvalue weighted by Crippen LogP contribution is 2.18. The van der Waals surface area contributed by atoms with Gasteiger partial charge < -0.3 is 16.2 Å². The zero-order valence-electron chi connectivity index (χ0n) is 11.7. The number of nitrogens with zero attached hydrogens (tertiary/aromatic N) is 1. The molecule has 1 aromatic rings. The van der Waals surface area contributed by atoms with Gasteiger partial charge in [0.15, 0.2) is 0 Å². The summed E-state index contributed by atoms with van der Waals surface area (Å²) in [6, 6.07) is 0.209. The first-order valence-electron chi connectivity index (χ1n) is 7.28. The summed E-state index contributed by atoms with van der Waals surface area (Å²) in [4.78, 5) is 16.4. The van der Waals surface area contributed by atoms with E-state index < -0.39 is 0 Å². The molecular weight excluding hydrogens is 274 g/mol. The summed E-state index contributed by atoms with van der Waals surface area (Å²) in [7, 11) is 0. The Morgan fingerprint density at radius 2 is 2.20 bits per heavy atom. The van der Waals surface area contributed by atoms with Crippen LogP contribution in [0.4, 0.5) is 0 Å². The van der Waals surface area contributed by atoms with Crippen molar-refractivity contribution in [3.8, 4) is 0 Å². The van der Waals surface area contributed by atoms with Gasteiger partial charge in [0.2, 0.25) is 5.91 Å². The van der Waals surface area contributed by atoms with Crippen LogP contribution < -0.4 is 11.1 Å². The first-order valence-corrected chi connectivity index (χ1v) is 8.16. The Morgan fingerprint density at radius 3 is 2.90 bits per heavy atom. The van der Waals surface area contributed by atoms with Crippen molar-refractivity contribution in [2.24, 2.45) is 5.73 Å². The van der Waals surface area contributed by atoms with Crippen molar-refractivity contribution in [2.75, 3.05) is 6.54 Å². The Morgan fingerprint density at radius 1 is 1.45 bits per heavy atom. The molecule has 0 radical (unpaired) electrons. The van der Waals surface area contributed by atoms with E-state index in [1.807, 2.05) is 5.38 Å². The second-order valence-corrected chi connectivity index (χ2v) is 6.32. The Labute approximate surface area is 123 Å². The smallest absolute Gasteiger partial charge is 0.226 e. The molecular formula is C14H23N3O2S. The van der Waals surface area contributed by atoms with Crippen molar-refractivity contribution in [3.05, 3.63) is 16.1 Å². The van der Waals surface area contributed by atoms with Crippen LogP contribution in [0.1, 0.15) is 42.8 Å². The first-order chi connectivity index (χ1) is 9.67. The lowest BCUT2D eigenvalue weighted by atomic mass is 9.93. The Bertz CT molecular complexity index is 428. The molecule has 2 rings (SSSR count). The van der Waals surface area contributed by atoms with Crippen molar-refractivity contribution in [2.45, 2.75) is 57.1 Å². The minimum absolute atomic E-state index is 0.0297. The molecule has 1 aliphatic rings. The molecule has 1 heterocycles. The molecule has 20 heavy (non-hydrogen) atoms. The van der Waals surface area contributed by atoms with E-state index in [-0.39, 0.29) is 18.1 Å². The third-order valence-electron chi connectivity index (χ3n) is 3.60. The second-order valence-electron chi connectivity index (χ2n) is 5.37. The first kappa shape index (κ1) is 15.4. The van der Waals surface area contributed by atoms with E-state index in [4.69, 9.17) is 5.73 Å². The molecule has 1 amide bonds. The number of aliphatic hydroxyl groups is 1. The molecule has 0 atom stereocenters. The van der Waals surface area contributed by atoms with Gasteiger partial charge in [-0.2, -0.15) is 0 Å². The fraction of sp³-hybridized carbons (Fsp3) is 0.714. The topological polar surface area (TPSA) is 88.2 Å². The molecule has 112 valence electrons. The minimum Gasteiger partial charge on any atom is -0.393 e. The normalized spacial score (nSPS) is 22.7. The predicted octanol–water partition coefficient (Wildman–Crippen LogP) is 0.997. The van der Waals surface area contributed by atoms with Crippen LogP contribution in [0.3, 0.4) is 0 Å². The Hall–Kier alpha value is -0.980. The predicted molar refractivity (Wildman–Crippen MR) is 79.6 cm³/mol. The van der Waals surface area contributed by atoms with Crippen LogP contribution in [0, 0.1) is 0 Å². The summed E-state index contributed by atoms with van der Waals surface area (Å²) in [5.41, 5.74) is 6.32. The van der Waals surface area contributed by atoms with Crippen LogP contribution in [0.25, 0.3) is 0 Å². The molecule has 0 unspecified atom stereocenters. The van der Waals surface area contributed by atoms with Crippen molar-refractivity contribution in [1.29, 1.82) is 0 Å². The van der Waals surface area contributed by atoms with E-state index in [1.54, 1.807) is 11.3 Å². The molecule has 1 aliphatic carbocycles. The maximum Gasteiger partial charge on any atom is 0.226 e. The van der Waals surface area contributed by atoms with Gasteiger partial charge in [0.1, 0.15) is 0 Å². The van der Waals surface area contributed by atoms with E-state index in [1.165, 1.54) is 0 Å². The van der Waals surface area contributed by atoms with Gasteiger partial charge in [-0.25, -0.2) is 4.98 Å². The van der Waals surface area contributed by atoms with Gasteiger partial charge in [0.05, 0.1) is 23.2 Å². The summed E-state index contributed by atoms with van der Waals surface area (Å²) in [6.45, 7) is 0.670. The minimum atomic E-state index is -0.188. The summed E-state index contributed by atoms with van der Waals surface area (Å²) in [5, 5.41) is 15.5. The van der Waals surface area contributed by atoms with E-state index >= 15 is 0 Å². The molecule has 1 saturated carbocycles. The maximum absolute atomic E-state index is 12.0. The number of rotatable bonds is 6. The van der Waals surface area contributed by atoms with Gasteiger partial charge in [-0.15, -0.1) is 11.3 Å². The molecule has 1 fully saturated rings. The highest BCUT2D eigenvalue weighted by molar-refractivity contribution is 7.09. The van der Waals surface area contributed by atoms with Gasteiger partial charge in [0, 0.05) is 17.8 Å². The van der Waals surface area contributed by atoms with E-state index in [2.05, 4.69) is 10.3 Å². The Balaban J connectivity index is 1.75. The van der Waals surface area contributed by atoms with Crippen molar-refractivity contribution < 1.29 is 9.90 Å². The van der Waals surface area contributed by atoms with Crippen LogP contribution >= 0.6 is 11.3 Å². The number of nitrogens with one attached hydrogen (secondary N) is 1. The highest BCUT2D eigenvalue weighted by Gasteiger charge is 2.21. The third-order valence-corrected chi connectivity index (χ3v) is 4.55. The van der Waals surface area contributed by atoms with Gasteiger partial charge >= 0.3 is 0 Å². The van der Waals surface area contributed by atoms with Gasteiger partial charge in [0.25, 0.3) is 0 Å². The lowest BCUT2D eigenvalue weighted by molar-refractivity contribution is -0.121. The number of carbonyl (C=O) groups is 1. The summed E-state index contributed by atoms with van der Waals surface area (Å²) >= 11 is 1.60. The molecule has 0 aliphatic heterocycles. The third kappa shape index (κ3) is 4.85. The lowest BCUT2D eigenvalue weighted by Crippen LogP contribution is -2.39. The lowest BCUT2D eigenvalue weighted by Gasteiger charge is -2.26. The molecule has 5 nitrogen and oxygen atoms in total. The molecule has 0 spiro atoms. The van der Waals surface area contributed by atoms with Crippen molar-refractivity contribution >= 4 is 17.2 Å². The number of thiazole rings is 1. The van der Waals surface area contributed by atoms with Gasteiger partial charge in [-0.05, 0) is 38.6 Å². The molecule has 0 bridgehead atoms.